The molecule has 64 valence electrons. The minimum atomic E-state index is -0.444. The molecule has 0 amide bonds. The number of aliphatic hydroxyl groups excluding tert-OH is 1. The molecule has 0 radical (unpaired) electrons. The largest absolute Gasteiger partial charge is 0.466 e. The van der Waals surface area contributed by atoms with Gasteiger partial charge in [-0.15, -0.1) is 0 Å². The van der Waals surface area contributed by atoms with Crippen LogP contribution >= 0.6 is 0 Å². The molecule has 0 fully saturated rings. The van der Waals surface area contributed by atoms with Crippen LogP contribution in [0.2, 0.25) is 0 Å². The number of esters is 1. The quantitative estimate of drug-likeness (QED) is 0.488. The van der Waals surface area contributed by atoms with E-state index in [1.165, 1.54) is 7.11 Å². The first-order valence-corrected chi connectivity index (χ1v) is 3.64. The third-order valence-electron chi connectivity index (χ3n) is 1.30. The second-order valence-electron chi connectivity index (χ2n) is 2.17. The lowest BCUT2D eigenvalue weighted by Gasteiger charge is -1.99. The molecule has 0 aliphatic carbocycles. The molecule has 0 aliphatic rings. The number of ether oxygens (including phenoxy) is 1. The van der Waals surface area contributed by atoms with Gasteiger partial charge in [-0.1, -0.05) is 19.4 Å². The Balaban J connectivity index is 4.03. The SMILES string of the molecule is CCCC=C(CO)C(=O)OC. The van der Waals surface area contributed by atoms with Crippen molar-refractivity contribution in [1.29, 1.82) is 0 Å². The summed E-state index contributed by atoms with van der Waals surface area (Å²) in [5.74, 6) is -0.444. The highest BCUT2D eigenvalue weighted by atomic mass is 16.5. The second kappa shape index (κ2) is 5.92. The lowest BCUT2D eigenvalue weighted by molar-refractivity contribution is -0.136. The molecule has 0 aromatic carbocycles. The summed E-state index contributed by atoms with van der Waals surface area (Å²) in [7, 11) is 1.30. The van der Waals surface area contributed by atoms with E-state index in [0.29, 0.717) is 5.57 Å². The number of carbonyl (C=O) groups is 1. The van der Waals surface area contributed by atoms with Gasteiger partial charge in [0.1, 0.15) is 0 Å². The topological polar surface area (TPSA) is 46.5 Å². The minimum absolute atomic E-state index is 0.243. The summed E-state index contributed by atoms with van der Waals surface area (Å²) in [6, 6.07) is 0. The highest BCUT2D eigenvalue weighted by Crippen LogP contribution is 1.99. The molecule has 0 aliphatic heterocycles. The van der Waals surface area contributed by atoms with E-state index in [9.17, 15) is 4.79 Å². The molecule has 0 aromatic heterocycles. The summed E-state index contributed by atoms with van der Waals surface area (Å²) < 4.78 is 4.43. The molecule has 0 rings (SSSR count). The molecule has 11 heavy (non-hydrogen) atoms. The van der Waals surface area contributed by atoms with Crippen molar-refractivity contribution in [2.75, 3.05) is 13.7 Å². The van der Waals surface area contributed by atoms with Gasteiger partial charge in [-0.2, -0.15) is 0 Å². The zero-order valence-corrected chi connectivity index (χ0v) is 6.96. The predicted molar refractivity (Wildman–Crippen MR) is 42.1 cm³/mol. The third-order valence-corrected chi connectivity index (χ3v) is 1.30. The standard InChI is InChI=1S/C8H14O3/c1-3-4-5-7(6-9)8(10)11-2/h5,9H,3-4,6H2,1-2H3. The van der Waals surface area contributed by atoms with Crippen LogP contribution in [0.15, 0.2) is 11.6 Å². The van der Waals surface area contributed by atoms with Gasteiger partial charge in [0.2, 0.25) is 0 Å². The minimum Gasteiger partial charge on any atom is -0.466 e. The molecular weight excluding hydrogens is 144 g/mol. The van der Waals surface area contributed by atoms with Crippen LogP contribution in [0.5, 0.6) is 0 Å². The summed E-state index contributed by atoms with van der Waals surface area (Å²) in [6.07, 6.45) is 3.46. The number of allylic oxidation sites excluding steroid dienone is 1. The molecule has 0 heterocycles. The van der Waals surface area contributed by atoms with Gasteiger partial charge in [-0.3, -0.25) is 0 Å². The van der Waals surface area contributed by atoms with Crippen molar-refractivity contribution in [3.63, 3.8) is 0 Å². The van der Waals surface area contributed by atoms with Crippen LogP contribution in [0.1, 0.15) is 19.8 Å². The van der Waals surface area contributed by atoms with E-state index < -0.39 is 5.97 Å². The first kappa shape index (κ1) is 10.2. The van der Waals surface area contributed by atoms with E-state index >= 15 is 0 Å². The van der Waals surface area contributed by atoms with E-state index in [1.54, 1.807) is 6.08 Å². The highest BCUT2D eigenvalue weighted by Gasteiger charge is 2.05. The predicted octanol–water partition coefficient (Wildman–Crippen LogP) is 0.878. The molecule has 0 saturated carbocycles. The lowest BCUT2D eigenvalue weighted by atomic mass is 10.2. The number of aliphatic hydroxyl groups is 1. The summed E-state index contributed by atoms with van der Waals surface area (Å²) in [6.45, 7) is 1.76. The molecule has 1 N–H and O–H groups in total. The molecule has 0 bridgehead atoms. The maximum Gasteiger partial charge on any atom is 0.335 e. The Morgan fingerprint density at radius 1 is 1.64 bits per heavy atom. The first-order chi connectivity index (χ1) is 5.26. The first-order valence-electron chi connectivity index (χ1n) is 3.64. The zero-order valence-electron chi connectivity index (χ0n) is 6.96. The van der Waals surface area contributed by atoms with Gasteiger partial charge in [0.25, 0.3) is 0 Å². The monoisotopic (exact) mass is 158 g/mol. The van der Waals surface area contributed by atoms with Gasteiger partial charge in [-0.05, 0) is 6.42 Å². The summed E-state index contributed by atoms with van der Waals surface area (Å²) >= 11 is 0. The van der Waals surface area contributed by atoms with Crippen molar-refractivity contribution < 1.29 is 14.6 Å². The van der Waals surface area contributed by atoms with Crippen molar-refractivity contribution in [2.24, 2.45) is 0 Å². The average molecular weight is 158 g/mol. The Labute approximate surface area is 66.7 Å². The Bertz CT molecular complexity index is 149. The maximum atomic E-state index is 10.8. The van der Waals surface area contributed by atoms with Crippen LogP contribution < -0.4 is 0 Å². The number of methoxy groups -OCH3 is 1. The Morgan fingerprint density at radius 2 is 2.27 bits per heavy atom. The van der Waals surface area contributed by atoms with Crippen LogP contribution in [0, 0.1) is 0 Å². The number of rotatable bonds is 4. The van der Waals surface area contributed by atoms with Crippen LogP contribution in [-0.4, -0.2) is 24.8 Å². The van der Waals surface area contributed by atoms with Crippen LogP contribution in [0.4, 0.5) is 0 Å². The summed E-state index contributed by atoms with van der Waals surface area (Å²) in [5.41, 5.74) is 0.342. The van der Waals surface area contributed by atoms with Gasteiger partial charge >= 0.3 is 5.97 Å². The van der Waals surface area contributed by atoms with Gasteiger partial charge in [0.05, 0.1) is 19.3 Å². The number of hydrogen-bond acceptors (Lipinski definition) is 3. The van der Waals surface area contributed by atoms with E-state index in [2.05, 4.69) is 4.74 Å². The molecule has 0 unspecified atom stereocenters. The van der Waals surface area contributed by atoms with E-state index in [-0.39, 0.29) is 6.61 Å². The molecule has 0 atom stereocenters. The number of carbonyl (C=O) groups excluding carboxylic acids is 1. The van der Waals surface area contributed by atoms with Gasteiger partial charge in [-0.25, -0.2) is 4.79 Å². The fraction of sp³-hybridized carbons (Fsp3) is 0.625. The van der Waals surface area contributed by atoms with Gasteiger partial charge in [0, 0.05) is 0 Å². The fourth-order valence-electron chi connectivity index (χ4n) is 0.662. The zero-order chi connectivity index (χ0) is 8.69. The maximum absolute atomic E-state index is 10.8. The molecule has 3 heteroatoms. The Kier molecular flexibility index (Phi) is 5.47. The molecule has 3 nitrogen and oxygen atoms in total. The molecule has 0 aromatic rings. The Hall–Kier alpha value is -0.830. The second-order valence-corrected chi connectivity index (χ2v) is 2.17. The molecule has 0 spiro atoms. The lowest BCUT2D eigenvalue weighted by Crippen LogP contribution is -2.08. The van der Waals surface area contributed by atoms with Gasteiger partial charge in [0.15, 0.2) is 0 Å². The molecular formula is C8H14O3. The van der Waals surface area contributed by atoms with Crippen molar-refractivity contribution in [1.82, 2.24) is 0 Å². The fourth-order valence-corrected chi connectivity index (χ4v) is 0.662. The van der Waals surface area contributed by atoms with E-state index in [1.807, 2.05) is 6.92 Å². The summed E-state index contributed by atoms with van der Waals surface area (Å²) in [4.78, 5) is 10.8. The third kappa shape index (κ3) is 3.78. The van der Waals surface area contributed by atoms with Crippen LogP contribution in [0.25, 0.3) is 0 Å². The highest BCUT2D eigenvalue weighted by molar-refractivity contribution is 5.88. The van der Waals surface area contributed by atoms with Gasteiger partial charge < -0.3 is 9.84 Å². The van der Waals surface area contributed by atoms with Crippen molar-refractivity contribution >= 4 is 5.97 Å². The smallest absolute Gasteiger partial charge is 0.335 e. The van der Waals surface area contributed by atoms with Crippen LogP contribution in [0.3, 0.4) is 0 Å². The van der Waals surface area contributed by atoms with E-state index in [4.69, 9.17) is 5.11 Å². The van der Waals surface area contributed by atoms with E-state index in [0.717, 1.165) is 12.8 Å². The number of hydrogen-bond donors (Lipinski definition) is 1. The normalized spacial score (nSPS) is 11.4. The van der Waals surface area contributed by atoms with Crippen molar-refractivity contribution in [3.05, 3.63) is 11.6 Å². The Morgan fingerprint density at radius 3 is 2.64 bits per heavy atom. The average Bonchev–Trinajstić information content (AvgIpc) is 2.05. The molecule has 0 saturated heterocycles. The van der Waals surface area contributed by atoms with Crippen molar-refractivity contribution in [2.45, 2.75) is 19.8 Å². The van der Waals surface area contributed by atoms with Crippen LogP contribution in [-0.2, 0) is 9.53 Å². The number of unbranched alkanes of at least 4 members (excludes halogenated alkanes) is 1. The van der Waals surface area contributed by atoms with Crippen molar-refractivity contribution in [3.8, 4) is 0 Å². The summed E-state index contributed by atoms with van der Waals surface area (Å²) in [5, 5.41) is 8.69.